The van der Waals surface area contributed by atoms with Crippen molar-refractivity contribution in [3.63, 3.8) is 0 Å². The van der Waals surface area contributed by atoms with E-state index in [2.05, 4.69) is 26.1 Å². The highest BCUT2D eigenvalue weighted by molar-refractivity contribution is 8.00. The molecule has 0 saturated heterocycles. The van der Waals surface area contributed by atoms with Gasteiger partial charge in [0, 0.05) is 24.1 Å². The fourth-order valence-corrected chi connectivity index (χ4v) is 5.75. The van der Waals surface area contributed by atoms with E-state index in [0.29, 0.717) is 18.9 Å². The van der Waals surface area contributed by atoms with Crippen molar-refractivity contribution in [2.24, 2.45) is 0 Å². The van der Waals surface area contributed by atoms with Crippen LogP contribution in [0, 0.1) is 12.7 Å². The Bertz CT molecular complexity index is 1330. The third-order valence-corrected chi connectivity index (χ3v) is 7.63. The third-order valence-electron chi connectivity index (χ3n) is 6.38. The van der Waals surface area contributed by atoms with Crippen LogP contribution in [0.3, 0.4) is 0 Å². The van der Waals surface area contributed by atoms with Gasteiger partial charge in [0.2, 0.25) is 11.8 Å². The Morgan fingerprint density at radius 2 is 1.92 bits per heavy atom. The highest BCUT2D eigenvalue weighted by Gasteiger charge is 2.40. The molecule has 2 amide bonds. The molecule has 4 rings (SSSR count). The number of aromatic nitrogens is 2. The number of rotatable bonds is 7. The Morgan fingerprint density at radius 3 is 2.58 bits per heavy atom. The maximum Gasteiger partial charge on any atom is 0.240 e. The lowest BCUT2D eigenvalue weighted by Crippen LogP contribution is -2.43. The van der Waals surface area contributed by atoms with E-state index in [-0.39, 0.29) is 40.6 Å². The van der Waals surface area contributed by atoms with Crippen LogP contribution in [0.5, 0.6) is 0 Å². The van der Waals surface area contributed by atoms with E-state index >= 15 is 0 Å². The predicted octanol–water partition coefficient (Wildman–Crippen LogP) is 4.46. The van der Waals surface area contributed by atoms with E-state index in [0.717, 1.165) is 28.1 Å². The second-order valence-electron chi connectivity index (χ2n) is 11.0. The molecule has 2 heterocycles. The molecule has 1 N–H and O–H groups in total. The molecule has 7 nitrogen and oxygen atoms in total. The van der Waals surface area contributed by atoms with Gasteiger partial charge in [0.25, 0.3) is 0 Å². The van der Waals surface area contributed by atoms with Gasteiger partial charge in [0.05, 0.1) is 22.4 Å². The van der Waals surface area contributed by atoms with Crippen LogP contribution in [0.1, 0.15) is 48.4 Å². The van der Waals surface area contributed by atoms with Crippen molar-refractivity contribution in [1.82, 2.24) is 20.0 Å². The molecule has 1 aliphatic rings. The molecule has 202 valence electrons. The number of aryl methyl sites for hydroxylation is 1. The number of anilines is 1. The van der Waals surface area contributed by atoms with Gasteiger partial charge in [-0.3, -0.25) is 14.5 Å². The molecule has 0 radical (unpaired) electrons. The van der Waals surface area contributed by atoms with Crippen molar-refractivity contribution in [3.8, 4) is 5.69 Å². The number of likely N-dealkylation sites (N-methyl/N-ethyl adjacent to an activating group) is 1. The summed E-state index contributed by atoms with van der Waals surface area (Å²) in [5.74, 6) is -0.0479. The molecule has 0 unspecified atom stereocenters. The van der Waals surface area contributed by atoms with Gasteiger partial charge in [0.1, 0.15) is 18.2 Å². The van der Waals surface area contributed by atoms with Crippen LogP contribution in [0.2, 0.25) is 0 Å². The average Bonchev–Trinajstić information content (AvgIpc) is 3.17. The lowest BCUT2D eigenvalue weighted by Gasteiger charge is -2.24. The van der Waals surface area contributed by atoms with E-state index in [1.165, 1.54) is 23.9 Å². The monoisotopic (exact) mass is 537 g/mol. The Kier molecular flexibility index (Phi) is 8.28. The quantitative estimate of drug-likeness (QED) is 0.482. The number of hydrogen-bond donors (Lipinski definition) is 1. The standard InChI is InChI=1S/C29H36FN5O2S/c1-19-9-7-12-22(15-19)35-28-25(27(32-35)29(2,3)4)26(20-10-8-11-21(30)16-20)38-18-24(37)34(28)17-23(36)31-13-14-33(5)6/h7-12,15-16,26H,13-14,17-18H2,1-6H3,(H,31,36)/t26-/m0/s1. The molecular formula is C29H36FN5O2S. The van der Waals surface area contributed by atoms with E-state index < -0.39 is 0 Å². The molecular weight excluding hydrogens is 501 g/mol. The lowest BCUT2D eigenvalue weighted by molar-refractivity contribution is -0.122. The van der Waals surface area contributed by atoms with Gasteiger partial charge in [-0.25, -0.2) is 9.07 Å². The maximum atomic E-state index is 14.4. The van der Waals surface area contributed by atoms with Crippen molar-refractivity contribution in [3.05, 3.63) is 76.7 Å². The minimum Gasteiger partial charge on any atom is -0.353 e. The Morgan fingerprint density at radius 1 is 1.18 bits per heavy atom. The summed E-state index contributed by atoms with van der Waals surface area (Å²) in [5, 5.41) is 7.66. The van der Waals surface area contributed by atoms with Crippen molar-refractivity contribution in [2.75, 3.05) is 44.4 Å². The largest absolute Gasteiger partial charge is 0.353 e. The topological polar surface area (TPSA) is 70.5 Å². The molecule has 0 spiro atoms. The summed E-state index contributed by atoms with van der Waals surface area (Å²) in [5.41, 5.74) is 3.87. The Labute approximate surface area is 228 Å². The number of thioether (sulfide) groups is 1. The smallest absolute Gasteiger partial charge is 0.240 e. The number of benzene rings is 2. The van der Waals surface area contributed by atoms with Gasteiger partial charge >= 0.3 is 0 Å². The maximum absolute atomic E-state index is 14.4. The third kappa shape index (κ3) is 6.10. The fraction of sp³-hybridized carbons (Fsp3) is 0.414. The first-order valence-corrected chi connectivity index (χ1v) is 13.8. The fourth-order valence-electron chi connectivity index (χ4n) is 4.56. The summed E-state index contributed by atoms with van der Waals surface area (Å²) in [6.45, 7) is 9.28. The molecule has 1 atom stereocenters. The molecule has 2 aromatic carbocycles. The van der Waals surface area contributed by atoms with Gasteiger partial charge in [-0.1, -0.05) is 45.0 Å². The molecule has 0 saturated carbocycles. The zero-order chi connectivity index (χ0) is 27.6. The average molecular weight is 538 g/mol. The molecule has 1 aliphatic heterocycles. The number of hydrogen-bond acceptors (Lipinski definition) is 5. The van der Waals surface area contributed by atoms with Crippen LogP contribution in [0.25, 0.3) is 5.69 Å². The molecule has 0 bridgehead atoms. The van der Waals surface area contributed by atoms with Crippen LogP contribution in [0.15, 0.2) is 48.5 Å². The highest BCUT2D eigenvalue weighted by Crippen LogP contribution is 2.48. The summed E-state index contributed by atoms with van der Waals surface area (Å²) in [7, 11) is 3.88. The number of fused-ring (bicyclic) bond motifs is 1. The minimum absolute atomic E-state index is 0.128. The van der Waals surface area contributed by atoms with Crippen LogP contribution in [-0.4, -0.2) is 66.0 Å². The normalized spacial score (nSPS) is 15.9. The molecule has 0 fully saturated rings. The van der Waals surface area contributed by atoms with Crippen molar-refractivity contribution in [2.45, 2.75) is 38.4 Å². The summed E-state index contributed by atoms with van der Waals surface area (Å²) >= 11 is 1.44. The minimum atomic E-state index is -0.377. The molecule has 1 aromatic heterocycles. The predicted molar refractivity (Wildman–Crippen MR) is 152 cm³/mol. The summed E-state index contributed by atoms with van der Waals surface area (Å²) in [6.07, 6.45) is 0. The second kappa shape index (κ2) is 11.3. The van der Waals surface area contributed by atoms with E-state index in [1.807, 2.05) is 56.3 Å². The molecule has 3 aromatic rings. The molecule has 9 heteroatoms. The van der Waals surface area contributed by atoms with Crippen LogP contribution in [0.4, 0.5) is 10.2 Å². The zero-order valence-electron chi connectivity index (χ0n) is 22.9. The zero-order valence-corrected chi connectivity index (χ0v) is 23.7. The number of nitrogens with zero attached hydrogens (tertiary/aromatic N) is 4. The van der Waals surface area contributed by atoms with Crippen molar-refractivity contribution in [1.29, 1.82) is 0 Å². The van der Waals surface area contributed by atoms with Crippen LogP contribution >= 0.6 is 11.8 Å². The Balaban J connectivity index is 1.93. The van der Waals surface area contributed by atoms with Crippen LogP contribution in [-0.2, 0) is 15.0 Å². The molecule has 38 heavy (non-hydrogen) atoms. The van der Waals surface area contributed by atoms with Crippen molar-refractivity contribution < 1.29 is 14.0 Å². The summed E-state index contributed by atoms with van der Waals surface area (Å²) in [6, 6.07) is 14.4. The number of nitrogens with one attached hydrogen (secondary N) is 1. The number of amides is 2. The number of carbonyl (C=O) groups is 2. The Hall–Kier alpha value is -3.17. The van der Waals surface area contributed by atoms with Crippen molar-refractivity contribution >= 4 is 29.4 Å². The lowest BCUT2D eigenvalue weighted by atomic mass is 9.87. The summed E-state index contributed by atoms with van der Waals surface area (Å²) in [4.78, 5) is 30.2. The van der Waals surface area contributed by atoms with Gasteiger partial charge in [-0.05, 0) is 56.4 Å². The van der Waals surface area contributed by atoms with Gasteiger partial charge < -0.3 is 10.2 Å². The van der Waals surface area contributed by atoms with E-state index in [1.54, 1.807) is 15.6 Å². The first-order valence-electron chi connectivity index (χ1n) is 12.7. The van der Waals surface area contributed by atoms with E-state index in [9.17, 15) is 14.0 Å². The van der Waals surface area contributed by atoms with Crippen LogP contribution < -0.4 is 10.2 Å². The van der Waals surface area contributed by atoms with Gasteiger partial charge in [-0.2, -0.15) is 5.10 Å². The second-order valence-corrected chi connectivity index (χ2v) is 12.1. The first-order chi connectivity index (χ1) is 18.0. The van der Waals surface area contributed by atoms with E-state index in [4.69, 9.17) is 5.10 Å². The summed E-state index contributed by atoms with van der Waals surface area (Å²) < 4.78 is 16.2. The first kappa shape index (κ1) is 27.9. The van der Waals surface area contributed by atoms with Gasteiger partial charge in [0.15, 0.2) is 0 Å². The molecule has 0 aliphatic carbocycles. The number of halogens is 1. The number of carbonyl (C=O) groups excluding carboxylic acids is 2. The SMILES string of the molecule is Cc1cccc(-n2nc(C(C)(C)C)c3c2N(CC(=O)NCCN(C)C)C(=O)CS[C@H]3c2cccc(F)c2)c1. The highest BCUT2D eigenvalue weighted by atomic mass is 32.2. The van der Waals surface area contributed by atoms with Gasteiger partial charge in [-0.15, -0.1) is 11.8 Å².